The molecular formula is C23H25N3O3. The monoisotopic (exact) mass is 391 g/mol. The minimum atomic E-state index is -0.168. The van der Waals surface area contributed by atoms with Gasteiger partial charge in [0, 0.05) is 17.4 Å². The van der Waals surface area contributed by atoms with Crippen LogP contribution in [0.1, 0.15) is 21.5 Å². The van der Waals surface area contributed by atoms with E-state index in [1.165, 1.54) is 0 Å². The summed E-state index contributed by atoms with van der Waals surface area (Å²) in [6, 6.07) is 16.8. The number of rotatable bonds is 8. The van der Waals surface area contributed by atoms with Gasteiger partial charge in [-0.25, -0.2) is 4.98 Å². The van der Waals surface area contributed by atoms with E-state index in [1.54, 1.807) is 25.4 Å². The van der Waals surface area contributed by atoms with Crippen molar-refractivity contribution in [2.75, 3.05) is 30.9 Å². The molecule has 0 unspecified atom stereocenters. The van der Waals surface area contributed by atoms with Crippen LogP contribution in [0.15, 0.2) is 60.8 Å². The first-order valence-electron chi connectivity index (χ1n) is 9.40. The predicted octanol–water partition coefficient (Wildman–Crippen LogP) is 4.45. The first kappa shape index (κ1) is 20.2. The van der Waals surface area contributed by atoms with Gasteiger partial charge in [0.1, 0.15) is 23.9 Å². The topological polar surface area (TPSA) is 72.5 Å². The van der Waals surface area contributed by atoms with E-state index in [9.17, 15) is 4.79 Å². The van der Waals surface area contributed by atoms with Crippen molar-refractivity contribution >= 4 is 17.4 Å². The second-order valence-electron chi connectivity index (χ2n) is 6.65. The van der Waals surface area contributed by atoms with Crippen LogP contribution in [-0.4, -0.2) is 31.2 Å². The van der Waals surface area contributed by atoms with Crippen LogP contribution in [0.4, 0.5) is 11.5 Å². The first-order chi connectivity index (χ1) is 14.0. The average molecular weight is 391 g/mol. The van der Waals surface area contributed by atoms with Gasteiger partial charge in [-0.2, -0.15) is 0 Å². The molecule has 2 aromatic carbocycles. The fourth-order valence-electron chi connectivity index (χ4n) is 2.75. The zero-order valence-corrected chi connectivity index (χ0v) is 16.9. The quantitative estimate of drug-likeness (QED) is 0.555. The van der Waals surface area contributed by atoms with Crippen molar-refractivity contribution < 1.29 is 14.3 Å². The van der Waals surface area contributed by atoms with Crippen molar-refractivity contribution in [3.8, 4) is 11.5 Å². The molecule has 6 heteroatoms. The van der Waals surface area contributed by atoms with Gasteiger partial charge in [0.2, 0.25) is 0 Å². The molecule has 1 aromatic heterocycles. The molecule has 2 N–H and O–H groups in total. The van der Waals surface area contributed by atoms with Crippen molar-refractivity contribution in [2.24, 2.45) is 0 Å². The third kappa shape index (κ3) is 5.72. The highest BCUT2D eigenvalue weighted by atomic mass is 16.5. The van der Waals surface area contributed by atoms with Gasteiger partial charge in [-0.3, -0.25) is 4.79 Å². The molecule has 0 saturated carbocycles. The molecule has 0 saturated heterocycles. The number of pyridine rings is 1. The first-order valence-corrected chi connectivity index (χ1v) is 9.40. The molecule has 0 aliphatic heterocycles. The largest absolute Gasteiger partial charge is 0.497 e. The number of carbonyl (C=O) groups is 1. The Balaban J connectivity index is 1.53. The lowest BCUT2D eigenvalue weighted by Crippen LogP contribution is -2.15. The smallest absolute Gasteiger partial charge is 0.255 e. The third-order valence-corrected chi connectivity index (χ3v) is 4.40. The molecular weight excluding hydrogens is 366 g/mol. The van der Waals surface area contributed by atoms with Crippen LogP contribution in [0.3, 0.4) is 0 Å². The van der Waals surface area contributed by atoms with Gasteiger partial charge in [-0.1, -0.05) is 12.1 Å². The van der Waals surface area contributed by atoms with E-state index in [0.717, 1.165) is 28.3 Å². The fourth-order valence-corrected chi connectivity index (χ4v) is 2.75. The van der Waals surface area contributed by atoms with E-state index in [-0.39, 0.29) is 5.91 Å². The van der Waals surface area contributed by atoms with E-state index in [4.69, 9.17) is 9.47 Å². The van der Waals surface area contributed by atoms with Crippen LogP contribution < -0.4 is 20.1 Å². The van der Waals surface area contributed by atoms with Crippen LogP contribution in [0.25, 0.3) is 0 Å². The Morgan fingerprint density at radius 3 is 2.52 bits per heavy atom. The Morgan fingerprint density at radius 1 is 1.00 bits per heavy atom. The molecule has 3 aromatic rings. The van der Waals surface area contributed by atoms with E-state index in [1.807, 2.05) is 56.3 Å². The highest BCUT2D eigenvalue weighted by molar-refractivity contribution is 6.05. The number of amides is 1. The van der Waals surface area contributed by atoms with E-state index < -0.39 is 0 Å². The molecule has 0 bridgehead atoms. The predicted molar refractivity (Wildman–Crippen MR) is 115 cm³/mol. The summed E-state index contributed by atoms with van der Waals surface area (Å²) >= 11 is 0. The van der Waals surface area contributed by atoms with Crippen LogP contribution in [0, 0.1) is 13.8 Å². The zero-order chi connectivity index (χ0) is 20.6. The molecule has 0 spiro atoms. The van der Waals surface area contributed by atoms with Gasteiger partial charge in [-0.05, 0) is 67.4 Å². The highest BCUT2D eigenvalue weighted by Gasteiger charge is 2.09. The summed E-state index contributed by atoms with van der Waals surface area (Å²) in [5.74, 6) is 2.01. The lowest BCUT2D eigenvalue weighted by molar-refractivity contribution is 0.102. The Labute approximate surface area is 170 Å². The highest BCUT2D eigenvalue weighted by Crippen LogP contribution is 2.19. The molecule has 0 aliphatic rings. The summed E-state index contributed by atoms with van der Waals surface area (Å²) < 4.78 is 10.8. The lowest BCUT2D eigenvalue weighted by atomic mass is 10.1. The Morgan fingerprint density at radius 2 is 1.76 bits per heavy atom. The summed E-state index contributed by atoms with van der Waals surface area (Å²) in [7, 11) is 1.63. The fraction of sp³-hybridized carbons (Fsp3) is 0.217. The average Bonchev–Trinajstić information content (AvgIpc) is 2.74. The molecule has 3 rings (SSSR count). The van der Waals surface area contributed by atoms with Crippen molar-refractivity contribution in [2.45, 2.75) is 13.8 Å². The maximum atomic E-state index is 12.6. The molecule has 0 aliphatic carbocycles. The van der Waals surface area contributed by atoms with E-state index in [2.05, 4.69) is 15.6 Å². The number of aryl methyl sites for hydroxylation is 2. The molecule has 150 valence electrons. The van der Waals surface area contributed by atoms with Gasteiger partial charge < -0.3 is 20.1 Å². The van der Waals surface area contributed by atoms with Gasteiger partial charge in [0.05, 0.1) is 13.7 Å². The van der Waals surface area contributed by atoms with Crippen molar-refractivity contribution in [1.29, 1.82) is 0 Å². The zero-order valence-electron chi connectivity index (χ0n) is 16.9. The number of methoxy groups -OCH3 is 1. The van der Waals surface area contributed by atoms with E-state index in [0.29, 0.717) is 24.5 Å². The lowest BCUT2D eigenvalue weighted by Gasteiger charge is -2.11. The molecule has 0 fully saturated rings. The normalized spacial score (nSPS) is 10.3. The minimum Gasteiger partial charge on any atom is -0.497 e. The van der Waals surface area contributed by atoms with Crippen LogP contribution in [0.5, 0.6) is 11.5 Å². The standard InChI is InChI=1S/C23H25N3O3/c1-16-4-5-17(2)21(14-16)26-23(27)18-10-11-24-22(15-18)25-12-13-29-20-8-6-19(28-3)7-9-20/h4-11,14-15H,12-13H2,1-3H3,(H,24,25)(H,26,27). The van der Waals surface area contributed by atoms with Crippen LogP contribution in [-0.2, 0) is 0 Å². The Kier molecular flexibility index (Phi) is 6.68. The maximum absolute atomic E-state index is 12.6. The number of ether oxygens (including phenoxy) is 2. The van der Waals surface area contributed by atoms with Gasteiger partial charge >= 0.3 is 0 Å². The SMILES string of the molecule is COc1ccc(OCCNc2cc(C(=O)Nc3cc(C)ccc3C)ccn2)cc1. The van der Waals surface area contributed by atoms with Crippen molar-refractivity contribution in [1.82, 2.24) is 4.98 Å². The third-order valence-electron chi connectivity index (χ3n) is 4.40. The minimum absolute atomic E-state index is 0.168. The second kappa shape index (κ2) is 9.59. The second-order valence-corrected chi connectivity index (χ2v) is 6.65. The molecule has 0 atom stereocenters. The van der Waals surface area contributed by atoms with Gasteiger partial charge in [0.25, 0.3) is 5.91 Å². The number of hydrogen-bond donors (Lipinski definition) is 2. The van der Waals surface area contributed by atoms with E-state index >= 15 is 0 Å². The van der Waals surface area contributed by atoms with Crippen LogP contribution in [0.2, 0.25) is 0 Å². The molecule has 1 heterocycles. The number of carbonyl (C=O) groups excluding carboxylic acids is 1. The van der Waals surface area contributed by atoms with Gasteiger partial charge in [0.15, 0.2) is 0 Å². The van der Waals surface area contributed by atoms with Crippen molar-refractivity contribution in [3.63, 3.8) is 0 Å². The summed E-state index contributed by atoms with van der Waals surface area (Å²) in [5, 5.41) is 6.14. The van der Waals surface area contributed by atoms with Crippen molar-refractivity contribution in [3.05, 3.63) is 77.5 Å². The number of benzene rings is 2. The summed E-state index contributed by atoms with van der Waals surface area (Å²) in [6.45, 7) is 4.99. The number of nitrogens with one attached hydrogen (secondary N) is 2. The molecule has 29 heavy (non-hydrogen) atoms. The Bertz CT molecular complexity index is 971. The maximum Gasteiger partial charge on any atom is 0.255 e. The molecule has 6 nitrogen and oxygen atoms in total. The number of nitrogens with zero attached hydrogens (tertiary/aromatic N) is 1. The summed E-state index contributed by atoms with van der Waals surface area (Å²) in [6.07, 6.45) is 1.62. The molecule has 0 radical (unpaired) electrons. The van der Waals surface area contributed by atoms with Gasteiger partial charge in [-0.15, -0.1) is 0 Å². The number of hydrogen-bond acceptors (Lipinski definition) is 5. The Hall–Kier alpha value is -3.54. The number of anilines is 2. The van der Waals surface area contributed by atoms with Crippen LogP contribution >= 0.6 is 0 Å². The summed E-state index contributed by atoms with van der Waals surface area (Å²) in [4.78, 5) is 16.9. The summed E-state index contributed by atoms with van der Waals surface area (Å²) in [5.41, 5.74) is 3.47. The molecule has 1 amide bonds. The number of aromatic nitrogens is 1.